The highest BCUT2D eigenvalue weighted by atomic mass is 28.4. The van der Waals surface area contributed by atoms with Gasteiger partial charge in [-0.15, -0.1) is 0 Å². The molecule has 1 aromatic rings. The van der Waals surface area contributed by atoms with E-state index in [-0.39, 0.29) is 11.0 Å². The molecule has 22 heavy (non-hydrogen) atoms. The zero-order valence-electron chi connectivity index (χ0n) is 13.6. The van der Waals surface area contributed by atoms with Gasteiger partial charge in [0, 0.05) is 6.42 Å². The number of esters is 1. The van der Waals surface area contributed by atoms with Crippen molar-refractivity contribution in [1.29, 1.82) is 0 Å². The Balaban J connectivity index is 2.57. The standard InChI is InChI=1S/C18H24O3Si/c1-6-14(2)22(18(3,4)5,15-10-8-7-9-11-15)21-16-12-13-20-17(16)19/h6-11,16H,1-2,12-13H2,3-5H3. The number of ether oxygens (including phenoxy) is 1. The summed E-state index contributed by atoms with van der Waals surface area (Å²) in [6.07, 6.45) is 1.86. The number of benzene rings is 1. The Morgan fingerprint density at radius 2 is 2.00 bits per heavy atom. The second-order valence-electron chi connectivity index (χ2n) is 6.59. The quantitative estimate of drug-likeness (QED) is 0.475. The molecule has 118 valence electrons. The van der Waals surface area contributed by atoms with Gasteiger partial charge in [0.2, 0.25) is 0 Å². The monoisotopic (exact) mass is 316 g/mol. The normalized spacial score (nSPS) is 21.0. The minimum Gasteiger partial charge on any atom is -0.464 e. The van der Waals surface area contributed by atoms with E-state index in [0.717, 1.165) is 10.4 Å². The summed E-state index contributed by atoms with van der Waals surface area (Å²) >= 11 is 0. The van der Waals surface area contributed by atoms with Gasteiger partial charge >= 0.3 is 5.97 Å². The molecular weight excluding hydrogens is 292 g/mol. The lowest BCUT2D eigenvalue weighted by Crippen LogP contribution is -2.61. The second kappa shape index (κ2) is 6.22. The van der Waals surface area contributed by atoms with Crippen LogP contribution in [-0.2, 0) is 14.0 Å². The van der Waals surface area contributed by atoms with Crippen LogP contribution in [0.25, 0.3) is 0 Å². The Hall–Kier alpha value is -1.65. The lowest BCUT2D eigenvalue weighted by Gasteiger charge is -2.44. The van der Waals surface area contributed by atoms with Crippen LogP contribution in [0.1, 0.15) is 27.2 Å². The zero-order valence-corrected chi connectivity index (χ0v) is 14.6. The Bertz CT molecular complexity index is 574. The van der Waals surface area contributed by atoms with Crippen molar-refractivity contribution >= 4 is 19.5 Å². The van der Waals surface area contributed by atoms with Crippen LogP contribution < -0.4 is 5.19 Å². The van der Waals surface area contributed by atoms with Gasteiger partial charge in [0.05, 0.1) is 6.61 Å². The van der Waals surface area contributed by atoms with Crippen molar-refractivity contribution in [2.75, 3.05) is 6.61 Å². The lowest BCUT2D eigenvalue weighted by molar-refractivity contribution is -0.143. The molecule has 0 spiro atoms. The van der Waals surface area contributed by atoms with E-state index in [1.54, 1.807) is 6.08 Å². The summed E-state index contributed by atoms with van der Waals surface area (Å²) in [6, 6.07) is 10.1. The van der Waals surface area contributed by atoms with Crippen molar-refractivity contribution < 1.29 is 14.0 Å². The number of rotatable bonds is 5. The molecule has 1 saturated heterocycles. The molecular formula is C18H24O3Si. The maximum atomic E-state index is 11.9. The Morgan fingerprint density at radius 3 is 2.45 bits per heavy atom. The Morgan fingerprint density at radius 1 is 1.36 bits per heavy atom. The number of carbonyl (C=O) groups is 1. The molecule has 0 saturated carbocycles. The number of hydrogen-bond acceptors (Lipinski definition) is 3. The molecule has 1 fully saturated rings. The fourth-order valence-electron chi connectivity index (χ4n) is 3.03. The highest BCUT2D eigenvalue weighted by Gasteiger charge is 2.53. The largest absolute Gasteiger partial charge is 0.464 e. The number of cyclic esters (lactones) is 1. The first-order valence-corrected chi connectivity index (χ1v) is 9.45. The first-order chi connectivity index (χ1) is 10.3. The SMILES string of the molecule is C=CC(=C)[Si](OC1CCOC1=O)(c1ccccc1)C(C)(C)C. The van der Waals surface area contributed by atoms with Crippen LogP contribution in [0.4, 0.5) is 0 Å². The van der Waals surface area contributed by atoms with E-state index < -0.39 is 14.4 Å². The van der Waals surface area contributed by atoms with Crippen molar-refractivity contribution in [1.82, 2.24) is 0 Å². The summed E-state index contributed by atoms with van der Waals surface area (Å²) in [7, 11) is -2.70. The molecule has 0 bridgehead atoms. The van der Waals surface area contributed by atoms with Crippen LogP contribution in [0.2, 0.25) is 5.04 Å². The number of hydrogen-bond donors (Lipinski definition) is 0. The van der Waals surface area contributed by atoms with Crippen LogP contribution in [0.5, 0.6) is 0 Å². The average molecular weight is 316 g/mol. The van der Waals surface area contributed by atoms with Crippen LogP contribution in [0.15, 0.2) is 54.8 Å². The fraction of sp³-hybridized carbons (Fsp3) is 0.389. The third kappa shape index (κ3) is 2.81. The van der Waals surface area contributed by atoms with Gasteiger partial charge in [-0.3, -0.25) is 0 Å². The van der Waals surface area contributed by atoms with Gasteiger partial charge in [-0.2, -0.15) is 0 Å². The van der Waals surface area contributed by atoms with E-state index in [2.05, 4.69) is 46.1 Å². The van der Waals surface area contributed by atoms with E-state index in [1.165, 1.54) is 0 Å². The van der Waals surface area contributed by atoms with Gasteiger partial charge < -0.3 is 9.16 Å². The molecule has 1 aliphatic rings. The van der Waals surface area contributed by atoms with Gasteiger partial charge in [-0.25, -0.2) is 4.79 Å². The second-order valence-corrected chi connectivity index (χ2v) is 10.9. The zero-order chi connectivity index (χ0) is 16.4. The maximum absolute atomic E-state index is 11.9. The third-order valence-electron chi connectivity index (χ3n) is 4.14. The van der Waals surface area contributed by atoms with Gasteiger partial charge in [0.25, 0.3) is 8.32 Å². The van der Waals surface area contributed by atoms with Gasteiger partial charge in [-0.05, 0) is 15.4 Å². The van der Waals surface area contributed by atoms with Crippen LogP contribution in [0.3, 0.4) is 0 Å². The molecule has 0 amide bonds. The summed E-state index contributed by atoms with van der Waals surface area (Å²) < 4.78 is 11.6. The van der Waals surface area contributed by atoms with E-state index >= 15 is 0 Å². The summed E-state index contributed by atoms with van der Waals surface area (Å²) in [6.45, 7) is 15.0. The van der Waals surface area contributed by atoms with Crippen molar-refractivity contribution in [2.45, 2.75) is 38.3 Å². The molecule has 1 aromatic carbocycles. The van der Waals surface area contributed by atoms with E-state index in [1.807, 2.05) is 18.2 Å². The summed E-state index contributed by atoms with van der Waals surface area (Å²) in [5.74, 6) is -0.270. The first kappa shape index (κ1) is 16.7. The van der Waals surface area contributed by atoms with Crippen molar-refractivity contribution in [3.63, 3.8) is 0 Å². The molecule has 2 unspecified atom stereocenters. The minimum atomic E-state index is -2.70. The molecule has 3 nitrogen and oxygen atoms in total. The van der Waals surface area contributed by atoms with Gasteiger partial charge in [0.1, 0.15) is 6.10 Å². The molecule has 4 heteroatoms. The Labute approximate surface area is 133 Å². The van der Waals surface area contributed by atoms with Crippen LogP contribution in [0, 0.1) is 0 Å². The topological polar surface area (TPSA) is 35.5 Å². The molecule has 2 atom stereocenters. The molecule has 0 N–H and O–H groups in total. The minimum absolute atomic E-state index is 0.178. The predicted octanol–water partition coefficient (Wildman–Crippen LogP) is 3.25. The van der Waals surface area contributed by atoms with Crippen LogP contribution >= 0.6 is 0 Å². The highest BCUT2D eigenvalue weighted by Crippen LogP contribution is 2.42. The predicted molar refractivity (Wildman–Crippen MR) is 91.3 cm³/mol. The summed E-state index contributed by atoms with van der Waals surface area (Å²) in [5.41, 5.74) is 0. The molecule has 2 rings (SSSR count). The third-order valence-corrected chi connectivity index (χ3v) is 9.15. The van der Waals surface area contributed by atoms with Gasteiger partial charge in [-0.1, -0.05) is 70.3 Å². The van der Waals surface area contributed by atoms with E-state index in [0.29, 0.717) is 13.0 Å². The highest BCUT2D eigenvalue weighted by molar-refractivity contribution is 6.95. The molecule has 0 radical (unpaired) electrons. The summed E-state index contributed by atoms with van der Waals surface area (Å²) in [4.78, 5) is 11.9. The molecule has 0 aromatic heterocycles. The van der Waals surface area contributed by atoms with Crippen molar-refractivity contribution in [3.05, 3.63) is 54.8 Å². The Kier molecular flexibility index (Phi) is 4.73. The summed E-state index contributed by atoms with van der Waals surface area (Å²) in [5, 5.41) is 1.81. The fourth-order valence-corrected chi connectivity index (χ4v) is 7.47. The van der Waals surface area contributed by atoms with E-state index in [9.17, 15) is 4.79 Å². The molecule has 0 aliphatic carbocycles. The number of carbonyl (C=O) groups excluding carboxylic acids is 1. The van der Waals surface area contributed by atoms with Crippen molar-refractivity contribution in [3.8, 4) is 0 Å². The average Bonchev–Trinajstić information content (AvgIpc) is 2.88. The molecule has 1 heterocycles. The number of allylic oxidation sites excluding steroid dienone is 2. The van der Waals surface area contributed by atoms with Gasteiger partial charge in [0.15, 0.2) is 0 Å². The molecule has 1 aliphatic heterocycles. The van der Waals surface area contributed by atoms with E-state index in [4.69, 9.17) is 9.16 Å². The van der Waals surface area contributed by atoms with Crippen molar-refractivity contribution in [2.24, 2.45) is 0 Å². The van der Waals surface area contributed by atoms with Crippen LogP contribution in [-0.4, -0.2) is 27.0 Å². The lowest BCUT2D eigenvalue weighted by atomic mass is 10.2. The maximum Gasteiger partial charge on any atom is 0.334 e. The first-order valence-electron chi connectivity index (χ1n) is 7.54. The smallest absolute Gasteiger partial charge is 0.334 e.